The van der Waals surface area contributed by atoms with Crippen LogP contribution in [0, 0.1) is 13.8 Å². The predicted octanol–water partition coefficient (Wildman–Crippen LogP) is 1.80. The van der Waals surface area contributed by atoms with Crippen LogP contribution in [0.1, 0.15) is 28.7 Å². The summed E-state index contributed by atoms with van der Waals surface area (Å²) in [5.41, 5.74) is 2.85. The van der Waals surface area contributed by atoms with E-state index in [1.165, 1.54) is 0 Å². The van der Waals surface area contributed by atoms with Crippen molar-refractivity contribution < 1.29 is 4.79 Å². The third-order valence-electron chi connectivity index (χ3n) is 3.78. The lowest BCUT2D eigenvalue weighted by molar-refractivity contribution is 0.0991. The summed E-state index contributed by atoms with van der Waals surface area (Å²) < 4.78 is 2.17. The molecule has 1 atom stereocenters. The molecule has 0 amide bonds. The van der Waals surface area contributed by atoms with Crippen molar-refractivity contribution in [3.63, 3.8) is 0 Å². The van der Waals surface area contributed by atoms with Gasteiger partial charge < -0.3 is 9.91 Å². The first-order chi connectivity index (χ1) is 8.91. The lowest BCUT2D eigenvalue weighted by Crippen LogP contribution is -2.50. The molecule has 0 saturated carbocycles. The number of rotatable bonds is 3. The zero-order valence-corrected chi connectivity index (χ0v) is 12.9. The highest BCUT2D eigenvalue weighted by Gasteiger charge is 2.23. The number of hydrogen-bond donors (Lipinski definition) is 0. The zero-order valence-electron chi connectivity index (χ0n) is 12.1. The lowest BCUT2D eigenvalue weighted by atomic mass is 10.1. The van der Waals surface area contributed by atoms with Crippen LogP contribution >= 0.6 is 11.6 Å². The molecule has 0 aromatic carbocycles. The predicted molar refractivity (Wildman–Crippen MR) is 79.0 cm³/mol. The van der Waals surface area contributed by atoms with Gasteiger partial charge in [0.1, 0.15) is 0 Å². The standard InChI is InChI=1S/C14H22ClN3O/c1-10-9-13(14(19)11(2)15)12(3)18(10)17-7-5-16(4)6-8-17/h9,11H,5-8H2,1-4H3. The quantitative estimate of drug-likeness (QED) is 0.626. The van der Waals surface area contributed by atoms with Crippen LogP contribution in [-0.4, -0.2) is 54.0 Å². The second-order valence-corrected chi connectivity index (χ2v) is 5.99. The van der Waals surface area contributed by atoms with Gasteiger partial charge in [-0.1, -0.05) is 0 Å². The fourth-order valence-corrected chi connectivity index (χ4v) is 2.77. The molecule has 0 spiro atoms. The summed E-state index contributed by atoms with van der Waals surface area (Å²) in [4.78, 5) is 14.4. The number of likely N-dealkylation sites (N-methyl/N-ethyl adjacent to an activating group) is 1. The van der Waals surface area contributed by atoms with E-state index in [1.54, 1.807) is 6.92 Å². The van der Waals surface area contributed by atoms with Gasteiger partial charge in [-0.05, 0) is 33.9 Å². The van der Waals surface area contributed by atoms with Crippen molar-refractivity contribution in [2.75, 3.05) is 38.2 Å². The van der Waals surface area contributed by atoms with Gasteiger partial charge in [-0.25, -0.2) is 0 Å². The third kappa shape index (κ3) is 2.79. The van der Waals surface area contributed by atoms with E-state index in [0.717, 1.165) is 43.1 Å². The molecule has 1 aliphatic heterocycles. The van der Waals surface area contributed by atoms with Gasteiger partial charge in [0.2, 0.25) is 0 Å². The number of hydrogen-bond acceptors (Lipinski definition) is 3. The molecular formula is C14H22ClN3O. The van der Waals surface area contributed by atoms with E-state index in [2.05, 4.69) is 21.6 Å². The van der Waals surface area contributed by atoms with Crippen LogP contribution in [-0.2, 0) is 0 Å². The van der Waals surface area contributed by atoms with Crippen molar-refractivity contribution in [2.24, 2.45) is 0 Å². The fourth-order valence-electron chi connectivity index (χ4n) is 2.65. The number of halogens is 1. The number of aryl methyl sites for hydroxylation is 1. The van der Waals surface area contributed by atoms with Crippen LogP contribution in [0.5, 0.6) is 0 Å². The first-order valence-corrected chi connectivity index (χ1v) is 7.16. The Morgan fingerprint density at radius 1 is 1.26 bits per heavy atom. The minimum Gasteiger partial charge on any atom is -0.310 e. The van der Waals surface area contributed by atoms with Crippen molar-refractivity contribution in [3.8, 4) is 0 Å². The van der Waals surface area contributed by atoms with Crippen LogP contribution < -0.4 is 5.01 Å². The normalized spacial score (nSPS) is 18.7. The molecule has 0 aliphatic carbocycles. The zero-order chi connectivity index (χ0) is 14.2. The van der Waals surface area contributed by atoms with Crippen molar-refractivity contribution in [1.29, 1.82) is 0 Å². The summed E-state index contributed by atoms with van der Waals surface area (Å²) >= 11 is 5.92. The largest absolute Gasteiger partial charge is 0.310 e. The van der Waals surface area contributed by atoms with E-state index >= 15 is 0 Å². The van der Waals surface area contributed by atoms with Gasteiger partial charge in [0, 0.05) is 43.1 Å². The Balaban J connectivity index is 2.29. The smallest absolute Gasteiger partial charge is 0.182 e. The SMILES string of the molecule is Cc1cc(C(=O)C(C)Cl)c(C)n1N1CCN(C)CC1. The van der Waals surface area contributed by atoms with Gasteiger partial charge in [0.15, 0.2) is 5.78 Å². The fraction of sp³-hybridized carbons (Fsp3) is 0.643. The highest BCUT2D eigenvalue weighted by atomic mass is 35.5. The summed E-state index contributed by atoms with van der Waals surface area (Å²) in [5, 5.41) is 1.84. The monoisotopic (exact) mass is 283 g/mol. The van der Waals surface area contributed by atoms with E-state index in [0.29, 0.717) is 0 Å². The molecule has 1 unspecified atom stereocenters. The molecule has 0 bridgehead atoms. The Bertz CT molecular complexity index is 473. The number of aromatic nitrogens is 1. The second kappa shape index (κ2) is 5.55. The highest BCUT2D eigenvalue weighted by molar-refractivity contribution is 6.33. The molecule has 0 N–H and O–H groups in total. The number of piperazine rings is 1. The summed E-state index contributed by atoms with van der Waals surface area (Å²) in [6.45, 7) is 9.83. The number of nitrogens with zero attached hydrogens (tertiary/aromatic N) is 3. The molecule has 1 saturated heterocycles. The molecule has 1 fully saturated rings. The van der Waals surface area contributed by atoms with E-state index in [9.17, 15) is 4.79 Å². The molecule has 1 aromatic rings. The minimum absolute atomic E-state index is 0.00939. The van der Waals surface area contributed by atoms with Gasteiger partial charge in [-0.2, -0.15) is 0 Å². The number of Topliss-reactive ketones (excluding diaryl/α,β-unsaturated/α-hetero) is 1. The summed E-state index contributed by atoms with van der Waals surface area (Å²) in [7, 11) is 2.14. The van der Waals surface area contributed by atoms with Gasteiger partial charge in [-0.3, -0.25) is 9.47 Å². The molecule has 4 nitrogen and oxygen atoms in total. The lowest BCUT2D eigenvalue weighted by Gasteiger charge is -2.36. The minimum atomic E-state index is -0.471. The van der Waals surface area contributed by atoms with E-state index in [4.69, 9.17) is 11.6 Å². The Kier molecular flexibility index (Phi) is 4.21. The van der Waals surface area contributed by atoms with Crippen LogP contribution in [0.4, 0.5) is 0 Å². The van der Waals surface area contributed by atoms with Crippen LogP contribution in [0.3, 0.4) is 0 Å². The van der Waals surface area contributed by atoms with E-state index < -0.39 is 5.38 Å². The maximum atomic E-state index is 12.1. The van der Waals surface area contributed by atoms with Gasteiger partial charge in [-0.15, -0.1) is 11.6 Å². The molecular weight excluding hydrogens is 262 g/mol. The third-order valence-corrected chi connectivity index (χ3v) is 3.98. The summed E-state index contributed by atoms with van der Waals surface area (Å²) in [6.07, 6.45) is 0. The summed E-state index contributed by atoms with van der Waals surface area (Å²) in [6, 6.07) is 1.95. The van der Waals surface area contributed by atoms with E-state index in [-0.39, 0.29) is 5.78 Å². The Morgan fingerprint density at radius 3 is 2.37 bits per heavy atom. The van der Waals surface area contributed by atoms with E-state index in [1.807, 2.05) is 19.9 Å². The molecule has 2 heterocycles. The Hall–Kier alpha value is -1.00. The molecule has 1 aromatic heterocycles. The molecule has 19 heavy (non-hydrogen) atoms. The Labute approximate surface area is 119 Å². The van der Waals surface area contributed by atoms with Crippen molar-refractivity contribution in [1.82, 2.24) is 9.58 Å². The van der Waals surface area contributed by atoms with Crippen molar-refractivity contribution >= 4 is 17.4 Å². The first kappa shape index (κ1) is 14.4. The topological polar surface area (TPSA) is 28.5 Å². The maximum absolute atomic E-state index is 12.1. The molecule has 2 rings (SSSR count). The first-order valence-electron chi connectivity index (χ1n) is 6.73. The molecule has 1 aliphatic rings. The van der Waals surface area contributed by atoms with Gasteiger partial charge in [0.25, 0.3) is 0 Å². The van der Waals surface area contributed by atoms with Crippen LogP contribution in [0.2, 0.25) is 0 Å². The van der Waals surface area contributed by atoms with Gasteiger partial charge >= 0.3 is 0 Å². The number of carbonyl (C=O) groups is 1. The average molecular weight is 284 g/mol. The molecule has 5 heteroatoms. The number of carbonyl (C=O) groups excluding carboxylic acids is 1. The van der Waals surface area contributed by atoms with Crippen molar-refractivity contribution in [2.45, 2.75) is 26.1 Å². The molecule has 0 radical (unpaired) electrons. The molecule has 106 valence electrons. The average Bonchev–Trinajstić information content (AvgIpc) is 2.65. The van der Waals surface area contributed by atoms with Crippen LogP contribution in [0.25, 0.3) is 0 Å². The summed E-state index contributed by atoms with van der Waals surface area (Å²) in [5.74, 6) is 0.00939. The Morgan fingerprint density at radius 2 is 1.84 bits per heavy atom. The maximum Gasteiger partial charge on any atom is 0.182 e. The van der Waals surface area contributed by atoms with Gasteiger partial charge in [0.05, 0.1) is 5.38 Å². The van der Waals surface area contributed by atoms with Crippen LogP contribution in [0.15, 0.2) is 6.07 Å². The highest BCUT2D eigenvalue weighted by Crippen LogP contribution is 2.19. The second-order valence-electron chi connectivity index (χ2n) is 5.33. The number of alkyl halides is 1. The van der Waals surface area contributed by atoms with Crippen molar-refractivity contribution in [3.05, 3.63) is 23.0 Å². The number of ketones is 1.